The zero-order chi connectivity index (χ0) is 16.8. The molecule has 0 aliphatic rings. The van der Waals surface area contributed by atoms with Crippen molar-refractivity contribution in [3.8, 4) is 5.75 Å². The van der Waals surface area contributed by atoms with Gasteiger partial charge >= 0.3 is 0 Å². The van der Waals surface area contributed by atoms with Crippen LogP contribution in [0.25, 0.3) is 0 Å². The minimum Gasteiger partial charge on any atom is -0.482 e. The quantitative estimate of drug-likeness (QED) is 0.794. The molecular formula is C17H21N3O3. The van der Waals surface area contributed by atoms with Gasteiger partial charge in [0.2, 0.25) is 5.43 Å². The zero-order valence-corrected chi connectivity index (χ0v) is 13.3. The third-order valence-electron chi connectivity index (χ3n) is 3.51. The number of hydrogen-bond donors (Lipinski definition) is 2. The Morgan fingerprint density at radius 3 is 2.65 bits per heavy atom. The molecule has 1 amide bonds. The molecule has 1 aromatic heterocycles. The molecular weight excluding hydrogens is 294 g/mol. The lowest BCUT2D eigenvalue weighted by molar-refractivity contribution is 0.0925. The Labute approximate surface area is 134 Å². The number of nitrogens with zero attached hydrogens (tertiary/aromatic N) is 1. The minimum atomic E-state index is -0.428. The van der Waals surface area contributed by atoms with Gasteiger partial charge in [0.05, 0.1) is 0 Å². The summed E-state index contributed by atoms with van der Waals surface area (Å²) in [5, 5.41) is 2.79. The van der Waals surface area contributed by atoms with Crippen LogP contribution < -0.4 is 21.3 Å². The van der Waals surface area contributed by atoms with Crippen LogP contribution >= 0.6 is 0 Å². The maximum absolute atomic E-state index is 12.4. The van der Waals surface area contributed by atoms with Gasteiger partial charge in [0.15, 0.2) is 11.4 Å². The smallest absolute Gasteiger partial charge is 0.274 e. The number of rotatable bonds is 6. The van der Waals surface area contributed by atoms with Crippen molar-refractivity contribution in [1.29, 1.82) is 0 Å². The summed E-state index contributed by atoms with van der Waals surface area (Å²) in [7, 11) is 0. The summed E-state index contributed by atoms with van der Waals surface area (Å²) < 4.78 is 6.71. The van der Waals surface area contributed by atoms with E-state index in [1.54, 1.807) is 0 Å². The predicted octanol–water partition coefficient (Wildman–Crippen LogP) is 1.67. The molecule has 0 fully saturated rings. The topological polar surface area (TPSA) is 86.3 Å². The molecule has 1 heterocycles. The second kappa shape index (κ2) is 7.49. The summed E-state index contributed by atoms with van der Waals surface area (Å²) in [4.78, 5) is 24.5. The first-order valence-electron chi connectivity index (χ1n) is 7.51. The summed E-state index contributed by atoms with van der Waals surface area (Å²) >= 11 is 0. The molecule has 3 N–H and O–H groups in total. The van der Waals surface area contributed by atoms with E-state index in [1.807, 2.05) is 44.2 Å². The third kappa shape index (κ3) is 4.12. The van der Waals surface area contributed by atoms with Crippen LogP contribution in [0, 0.1) is 0 Å². The fourth-order valence-electron chi connectivity index (χ4n) is 2.02. The van der Waals surface area contributed by atoms with Crippen molar-refractivity contribution < 1.29 is 9.53 Å². The second-order valence-electron chi connectivity index (χ2n) is 5.32. The van der Waals surface area contributed by atoms with Gasteiger partial charge in [-0.3, -0.25) is 14.3 Å². The van der Waals surface area contributed by atoms with E-state index in [9.17, 15) is 9.59 Å². The highest BCUT2D eigenvalue weighted by Crippen LogP contribution is 2.14. The lowest BCUT2D eigenvalue weighted by atomic mass is 10.2. The molecule has 2 aromatic rings. The average Bonchev–Trinajstić information content (AvgIpc) is 2.56. The number of hydrogen-bond acceptors (Lipinski definition) is 4. The third-order valence-corrected chi connectivity index (χ3v) is 3.51. The number of nitrogens with one attached hydrogen (secondary N) is 1. The van der Waals surface area contributed by atoms with Crippen molar-refractivity contribution in [3.63, 3.8) is 0 Å². The van der Waals surface area contributed by atoms with Crippen molar-refractivity contribution in [2.45, 2.75) is 32.9 Å². The van der Waals surface area contributed by atoms with Gasteiger partial charge in [-0.05, 0) is 18.9 Å². The van der Waals surface area contributed by atoms with Crippen molar-refractivity contribution in [1.82, 2.24) is 9.99 Å². The number of nitrogens with two attached hydrogens (primary N) is 1. The van der Waals surface area contributed by atoms with E-state index in [1.165, 1.54) is 12.3 Å². The number of carbonyl (C=O) groups excluding carboxylic acids is 1. The number of pyridine rings is 1. The monoisotopic (exact) mass is 315 g/mol. The Morgan fingerprint density at radius 2 is 2.00 bits per heavy atom. The van der Waals surface area contributed by atoms with E-state index in [2.05, 4.69) is 5.32 Å². The van der Waals surface area contributed by atoms with E-state index >= 15 is 0 Å². The highest BCUT2D eigenvalue weighted by atomic mass is 16.5. The summed E-state index contributed by atoms with van der Waals surface area (Å²) in [6, 6.07) is 10.7. The summed E-state index contributed by atoms with van der Waals surface area (Å²) in [5.41, 5.74) is 0.540. The highest BCUT2D eigenvalue weighted by molar-refractivity contribution is 5.95. The first-order valence-corrected chi connectivity index (χ1v) is 7.51. The molecule has 1 aromatic carbocycles. The van der Waals surface area contributed by atoms with E-state index in [-0.39, 0.29) is 29.5 Å². The van der Waals surface area contributed by atoms with Crippen molar-refractivity contribution in [3.05, 3.63) is 64.1 Å². The minimum absolute atomic E-state index is 0.0220. The van der Waals surface area contributed by atoms with Crippen LogP contribution in [0.1, 0.15) is 36.3 Å². The van der Waals surface area contributed by atoms with Gasteiger partial charge in [-0.1, -0.05) is 37.3 Å². The van der Waals surface area contributed by atoms with Crippen molar-refractivity contribution in [2.75, 3.05) is 5.84 Å². The lowest BCUT2D eigenvalue weighted by Gasteiger charge is -2.16. The van der Waals surface area contributed by atoms with Crippen molar-refractivity contribution in [2.24, 2.45) is 0 Å². The fraction of sp³-hybridized carbons (Fsp3) is 0.294. The van der Waals surface area contributed by atoms with Gasteiger partial charge in [0, 0.05) is 18.3 Å². The number of ether oxygens (including phenoxy) is 1. The second-order valence-corrected chi connectivity index (χ2v) is 5.32. The summed E-state index contributed by atoms with van der Waals surface area (Å²) in [5.74, 6) is 5.34. The maximum atomic E-state index is 12.4. The number of aromatic nitrogens is 1. The average molecular weight is 315 g/mol. The van der Waals surface area contributed by atoms with Gasteiger partial charge < -0.3 is 15.9 Å². The van der Waals surface area contributed by atoms with E-state index in [0.717, 1.165) is 16.7 Å². The van der Waals surface area contributed by atoms with Crippen LogP contribution in [0.2, 0.25) is 0 Å². The molecule has 6 heteroatoms. The van der Waals surface area contributed by atoms with E-state index in [0.29, 0.717) is 0 Å². The zero-order valence-electron chi connectivity index (χ0n) is 13.3. The maximum Gasteiger partial charge on any atom is 0.274 e. The van der Waals surface area contributed by atoms with Gasteiger partial charge in [0.1, 0.15) is 6.61 Å². The molecule has 0 saturated heterocycles. The van der Waals surface area contributed by atoms with Crippen LogP contribution in [0.15, 0.2) is 47.4 Å². The molecule has 0 radical (unpaired) electrons. The number of nitrogen functional groups attached to an aromatic ring is 1. The Bertz CT molecular complexity index is 726. The fourth-order valence-corrected chi connectivity index (χ4v) is 2.02. The number of benzene rings is 1. The molecule has 0 aliphatic heterocycles. The lowest BCUT2D eigenvalue weighted by Crippen LogP contribution is -2.36. The molecule has 23 heavy (non-hydrogen) atoms. The first kappa shape index (κ1) is 16.6. The van der Waals surface area contributed by atoms with Gasteiger partial charge in [-0.15, -0.1) is 0 Å². The van der Waals surface area contributed by atoms with Crippen LogP contribution in [-0.2, 0) is 6.61 Å². The standard InChI is InChI=1S/C17H21N3O3/c1-3-12(2)19-17(22)15-16(14(21)9-10-20(15)18)23-11-13-7-5-4-6-8-13/h4-10,12H,3,11,18H2,1-2H3,(H,19,22). The molecule has 0 bridgehead atoms. The first-order chi connectivity index (χ1) is 11.0. The van der Waals surface area contributed by atoms with Gasteiger partial charge in [0.25, 0.3) is 5.91 Å². The molecule has 0 aliphatic carbocycles. The largest absolute Gasteiger partial charge is 0.482 e. The Balaban J connectivity index is 2.29. The molecule has 1 unspecified atom stereocenters. The van der Waals surface area contributed by atoms with E-state index in [4.69, 9.17) is 10.6 Å². The van der Waals surface area contributed by atoms with Gasteiger partial charge in [-0.2, -0.15) is 0 Å². The van der Waals surface area contributed by atoms with Crippen LogP contribution in [-0.4, -0.2) is 16.6 Å². The normalized spacial score (nSPS) is 11.7. The Hall–Kier alpha value is -2.76. The Kier molecular flexibility index (Phi) is 5.41. The highest BCUT2D eigenvalue weighted by Gasteiger charge is 2.20. The van der Waals surface area contributed by atoms with Crippen LogP contribution in [0.4, 0.5) is 0 Å². The Morgan fingerprint density at radius 1 is 1.30 bits per heavy atom. The predicted molar refractivity (Wildman–Crippen MR) is 88.8 cm³/mol. The summed E-state index contributed by atoms with van der Waals surface area (Å²) in [6.45, 7) is 4.02. The molecule has 1 atom stereocenters. The number of amides is 1. The molecule has 122 valence electrons. The SMILES string of the molecule is CCC(C)NC(=O)c1c(OCc2ccccc2)c(=O)ccn1N. The van der Waals surface area contributed by atoms with Crippen LogP contribution in [0.3, 0.4) is 0 Å². The molecule has 2 rings (SSSR count). The molecule has 0 saturated carbocycles. The number of carbonyl (C=O) groups is 1. The van der Waals surface area contributed by atoms with Crippen LogP contribution in [0.5, 0.6) is 5.75 Å². The summed E-state index contributed by atoms with van der Waals surface area (Å²) in [6.07, 6.45) is 2.12. The molecule has 0 spiro atoms. The molecule has 6 nitrogen and oxygen atoms in total. The van der Waals surface area contributed by atoms with E-state index < -0.39 is 5.91 Å². The van der Waals surface area contributed by atoms with Gasteiger partial charge in [-0.25, -0.2) is 0 Å². The van der Waals surface area contributed by atoms with Crippen molar-refractivity contribution >= 4 is 5.91 Å².